The minimum Gasteiger partial charge on any atom is -0.386 e. The van der Waals surface area contributed by atoms with Gasteiger partial charge in [0.05, 0.1) is 29.9 Å². The van der Waals surface area contributed by atoms with Gasteiger partial charge >= 0.3 is 0 Å². The molecule has 0 aliphatic rings. The van der Waals surface area contributed by atoms with Gasteiger partial charge in [0, 0.05) is 16.7 Å². The third kappa shape index (κ3) is 3.09. The van der Waals surface area contributed by atoms with E-state index in [2.05, 4.69) is 4.98 Å². The molecule has 118 valence electrons. The van der Waals surface area contributed by atoms with Crippen LogP contribution in [0.1, 0.15) is 11.7 Å². The molecule has 0 aliphatic carbocycles. The predicted octanol–water partition coefficient (Wildman–Crippen LogP) is 3.06. The Bertz CT molecular complexity index is 943. The molecule has 1 atom stereocenters. The van der Waals surface area contributed by atoms with E-state index in [0.29, 0.717) is 22.0 Å². The van der Waals surface area contributed by atoms with E-state index in [1.807, 2.05) is 0 Å². The van der Waals surface area contributed by atoms with Crippen molar-refractivity contribution in [1.82, 2.24) is 9.55 Å². The first-order chi connectivity index (χ1) is 11.0. The molecule has 0 bridgehead atoms. The summed E-state index contributed by atoms with van der Waals surface area (Å²) in [4.78, 5) is 16.5. The van der Waals surface area contributed by atoms with Crippen LogP contribution < -0.4 is 5.56 Å². The molecule has 23 heavy (non-hydrogen) atoms. The van der Waals surface area contributed by atoms with Gasteiger partial charge in [-0.05, 0) is 24.3 Å². The van der Waals surface area contributed by atoms with Crippen molar-refractivity contribution in [3.05, 3.63) is 75.3 Å². The summed E-state index contributed by atoms with van der Waals surface area (Å²) in [5, 5.41) is 10.8. The molecule has 3 aromatic rings. The average Bonchev–Trinajstić information content (AvgIpc) is 2.50. The molecular weight excluding hydrogens is 326 g/mol. The minimum atomic E-state index is -1.31. The average molecular weight is 337 g/mol. The lowest BCUT2D eigenvalue weighted by Gasteiger charge is -2.14. The molecule has 7 heteroatoms. The summed E-state index contributed by atoms with van der Waals surface area (Å²) in [6.07, 6.45) is -0.0461. The Hall–Kier alpha value is -2.31. The molecule has 1 heterocycles. The predicted molar refractivity (Wildman–Crippen MR) is 82.3 cm³/mol. The van der Waals surface area contributed by atoms with Gasteiger partial charge in [-0.2, -0.15) is 0 Å². The molecule has 0 spiro atoms. The number of hydrogen-bond acceptors (Lipinski definition) is 3. The van der Waals surface area contributed by atoms with Crippen molar-refractivity contribution in [2.75, 3.05) is 0 Å². The monoisotopic (exact) mass is 336 g/mol. The highest BCUT2D eigenvalue weighted by Crippen LogP contribution is 2.20. The molecule has 0 radical (unpaired) electrons. The molecule has 1 unspecified atom stereocenters. The summed E-state index contributed by atoms with van der Waals surface area (Å²) in [5.74, 6) is -1.61. The Morgan fingerprint density at radius 3 is 2.74 bits per heavy atom. The van der Waals surface area contributed by atoms with Gasteiger partial charge < -0.3 is 5.11 Å². The van der Waals surface area contributed by atoms with Crippen LogP contribution in [0.2, 0.25) is 5.02 Å². The van der Waals surface area contributed by atoms with Crippen LogP contribution in [0.15, 0.2) is 47.5 Å². The van der Waals surface area contributed by atoms with Gasteiger partial charge in [-0.15, -0.1) is 0 Å². The quantitative estimate of drug-likeness (QED) is 0.799. The fourth-order valence-corrected chi connectivity index (χ4v) is 2.49. The van der Waals surface area contributed by atoms with E-state index in [1.165, 1.54) is 12.4 Å². The van der Waals surface area contributed by atoms with E-state index in [0.717, 1.165) is 16.7 Å². The van der Waals surface area contributed by atoms with Crippen molar-refractivity contribution in [3.8, 4) is 0 Å². The summed E-state index contributed by atoms with van der Waals surface area (Å²) in [5.41, 5.74) is -0.0262. The van der Waals surface area contributed by atoms with Crippen LogP contribution in [0, 0.1) is 11.6 Å². The maximum Gasteiger partial charge on any atom is 0.261 e. The molecule has 0 fully saturated rings. The fraction of sp³-hybridized carbons (Fsp3) is 0.125. The Morgan fingerprint density at radius 1 is 1.22 bits per heavy atom. The third-order valence-corrected chi connectivity index (χ3v) is 3.71. The Morgan fingerprint density at radius 2 is 2.00 bits per heavy atom. The van der Waals surface area contributed by atoms with Gasteiger partial charge in [-0.25, -0.2) is 13.8 Å². The second kappa shape index (κ2) is 6.06. The van der Waals surface area contributed by atoms with Crippen molar-refractivity contribution in [1.29, 1.82) is 0 Å². The van der Waals surface area contributed by atoms with Crippen molar-refractivity contribution < 1.29 is 13.9 Å². The van der Waals surface area contributed by atoms with Crippen LogP contribution in [0.25, 0.3) is 10.9 Å². The van der Waals surface area contributed by atoms with Gasteiger partial charge in [0.15, 0.2) is 0 Å². The van der Waals surface area contributed by atoms with Crippen LogP contribution in [-0.2, 0) is 6.54 Å². The molecule has 0 amide bonds. The van der Waals surface area contributed by atoms with E-state index in [-0.39, 0.29) is 12.1 Å². The van der Waals surface area contributed by atoms with Gasteiger partial charge in [-0.1, -0.05) is 17.7 Å². The first kappa shape index (κ1) is 15.6. The zero-order valence-electron chi connectivity index (χ0n) is 11.7. The summed E-state index contributed by atoms with van der Waals surface area (Å²) in [6.45, 7) is -0.211. The van der Waals surface area contributed by atoms with Crippen LogP contribution in [0.5, 0.6) is 0 Å². The van der Waals surface area contributed by atoms with E-state index in [9.17, 15) is 18.7 Å². The zero-order chi connectivity index (χ0) is 16.6. The Balaban J connectivity index is 1.98. The molecule has 0 saturated heterocycles. The number of fused-ring (bicyclic) bond motifs is 1. The Labute approximate surface area is 134 Å². The summed E-state index contributed by atoms with van der Waals surface area (Å²) in [7, 11) is 0. The molecule has 0 aliphatic heterocycles. The number of aromatic nitrogens is 2. The number of aliphatic hydroxyl groups is 1. The van der Waals surface area contributed by atoms with Crippen LogP contribution in [0.3, 0.4) is 0 Å². The molecular formula is C16H11ClF2N2O2. The molecule has 1 aromatic heterocycles. The smallest absolute Gasteiger partial charge is 0.261 e. The van der Waals surface area contributed by atoms with Crippen LogP contribution >= 0.6 is 11.6 Å². The first-order valence-electron chi connectivity index (χ1n) is 6.73. The number of nitrogens with zero attached hydrogens (tertiary/aromatic N) is 2. The second-order valence-electron chi connectivity index (χ2n) is 5.05. The number of rotatable bonds is 3. The first-order valence-corrected chi connectivity index (χ1v) is 7.11. The highest BCUT2D eigenvalue weighted by Gasteiger charge is 2.15. The van der Waals surface area contributed by atoms with Crippen molar-refractivity contribution in [3.63, 3.8) is 0 Å². The summed E-state index contributed by atoms with van der Waals surface area (Å²) in [6, 6.07) is 7.57. The largest absolute Gasteiger partial charge is 0.386 e. The normalized spacial score (nSPS) is 12.5. The zero-order valence-corrected chi connectivity index (χ0v) is 12.5. The van der Waals surface area contributed by atoms with Crippen molar-refractivity contribution in [2.45, 2.75) is 12.6 Å². The van der Waals surface area contributed by atoms with Crippen molar-refractivity contribution in [2.24, 2.45) is 0 Å². The topological polar surface area (TPSA) is 55.1 Å². The van der Waals surface area contributed by atoms with E-state index in [4.69, 9.17) is 11.6 Å². The maximum absolute atomic E-state index is 13.7. The fourth-order valence-electron chi connectivity index (χ4n) is 2.32. The summed E-state index contributed by atoms with van der Waals surface area (Å²) >= 11 is 5.87. The highest BCUT2D eigenvalue weighted by atomic mass is 35.5. The van der Waals surface area contributed by atoms with Gasteiger partial charge in [0.25, 0.3) is 5.56 Å². The summed E-state index contributed by atoms with van der Waals surface area (Å²) < 4.78 is 27.8. The van der Waals surface area contributed by atoms with E-state index >= 15 is 0 Å². The second-order valence-corrected chi connectivity index (χ2v) is 5.48. The highest BCUT2D eigenvalue weighted by molar-refractivity contribution is 6.31. The molecule has 4 nitrogen and oxygen atoms in total. The lowest BCUT2D eigenvalue weighted by Crippen LogP contribution is -2.24. The SMILES string of the molecule is O=c1c2cc(Cl)ccc2ncn1CC(O)c1ccc(F)cc1F. The van der Waals surface area contributed by atoms with Crippen LogP contribution in [-0.4, -0.2) is 14.7 Å². The number of halogens is 3. The van der Waals surface area contributed by atoms with Gasteiger partial charge in [-0.3, -0.25) is 9.36 Å². The van der Waals surface area contributed by atoms with Gasteiger partial charge in [0.1, 0.15) is 11.6 Å². The molecule has 1 N–H and O–H groups in total. The van der Waals surface area contributed by atoms with E-state index < -0.39 is 23.3 Å². The molecule has 0 saturated carbocycles. The molecule has 2 aromatic carbocycles. The maximum atomic E-state index is 13.7. The standard InChI is InChI=1S/C16H11ClF2N2O2/c17-9-1-4-14-12(5-9)16(23)21(8-20-14)7-15(22)11-3-2-10(18)6-13(11)19/h1-6,8,15,22H,7H2. The lowest BCUT2D eigenvalue weighted by molar-refractivity contribution is 0.150. The third-order valence-electron chi connectivity index (χ3n) is 3.48. The number of aliphatic hydroxyl groups excluding tert-OH is 1. The van der Waals surface area contributed by atoms with Crippen LogP contribution in [0.4, 0.5) is 8.78 Å². The Kier molecular flexibility index (Phi) is 4.11. The van der Waals surface area contributed by atoms with E-state index in [1.54, 1.807) is 12.1 Å². The minimum absolute atomic E-state index is 0.0931. The lowest BCUT2D eigenvalue weighted by atomic mass is 10.1. The molecule has 3 rings (SSSR count). The van der Waals surface area contributed by atoms with Crippen molar-refractivity contribution >= 4 is 22.5 Å². The number of benzene rings is 2. The number of hydrogen-bond donors (Lipinski definition) is 1. The van der Waals surface area contributed by atoms with Gasteiger partial charge in [0.2, 0.25) is 0 Å².